The van der Waals surface area contributed by atoms with Gasteiger partial charge in [-0.25, -0.2) is 8.42 Å². The minimum absolute atomic E-state index is 0.121. The second-order valence-corrected chi connectivity index (χ2v) is 8.14. The zero-order valence-corrected chi connectivity index (χ0v) is 13.1. The Morgan fingerprint density at radius 2 is 1.83 bits per heavy atom. The van der Waals surface area contributed by atoms with Crippen LogP contribution >= 0.6 is 0 Å². The summed E-state index contributed by atoms with van der Waals surface area (Å²) in [5.41, 5.74) is 0. The van der Waals surface area contributed by atoms with Crippen LogP contribution in [0.5, 0.6) is 0 Å². The molecule has 0 aromatic heterocycles. The standard InChI is InChI=1S/C14H29NO2S/c1-5-12-9-7-8-10-13(12)14(15-6-2)11(3)18(4,16)17/h11-15H,5-10H2,1-4H3. The van der Waals surface area contributed by atoms with Crippen molar-refractivity contribution in [3.8, 4) is 0 Å². The maximum Gasteiger partial charge on any atom is 0.151 e. The molecule has 18 heavy (non-hydrogen) atoms. The molecule has 0 radical (unpaired) electrons. The average molecular weight is 275 g/mol. The number of nitrogens with one attached hydrogen (secondary N) is 1. The highest BCUT2D eigenvalue weighted by Gasteiger charge is 2.36. The van der Waals surface area contributed by atoms with Gasteiger partial charge in [-0.3, -0.25) is 0 Å². The fourth-order valence-corrected chi connectivity index (χ4v) is 4.21. The Hall–Kier alpha value is -0.0900. The SMILES string of the molecule is CCNC(C1CCCCC1CC)C(C)S(C)(=O)=O. The lowest BCUT2D eigenvalue weighted by Gasteiger charge is -2.39. The first kappa shape index (κ1) is 16.0. The first-order valence-corrected chi connectivity index (χ1v) is 9.29. The molecule has 0 aliphatic heterocycles. The number of hydrogen-bond donors (Lipinski definition) is 1. The summed E-state index contributed by atoms with van der Waals surface area (Å²) in [5.74, 6) is 1.21. The average Bonchev–Trinajstić information content (AvgIpc) is 2.34. The van der Waals surface area contributed by atoms with Gasteiger partial charge in [0.05, 0.1) is 5.25 Å². The van der Waals surface area contributed by atoms with E-state index in [4.69, 9.17) is 0 Å². The quantitative estimate of drug-likeness (QED) is 0.810. The molecule has 1 aliphatic carbocycles. The Morgan fingerprint density at radius 3 is 2.33 bits per heavy atom. The Morgan fingerprint density at radius 1 is 1.22 bits per heavy atom. The normalized spacial score (nSPS) is 28.9. The summed E-state index contributed by atoms with van der Waals surface area (Å²) in [6, 6.07) is 0.121. The third-order valence-corrected chi connectivity index (χ3v) is 6.22. The van der Waals surface area contributed by atoms with Crippen LogP contribution in [0.1, 0.15) is 52.9 Å². The summed E-state index contributed by atoms with van der Waals surface area (Å²) in [7, 11) is -2.97. The Bertz CT molecular complexity index is 340. The molecule has 0 heterocycles. The van der Waals surface area contributed by atoms with E-state index in [0.29, 0.717) is 11.8 Å². The van der Waals surface area contributed by atoms with Gasteiger partial charge in [-0.05, 0) is 31.7 Å². The van der Waals surface area contributed by atoms with Crippen LogP contribution in [0.3, 0.4) is 0 Å². The van der Waals surface area contributed by atoms with Crippen molar-refractivity contribution in [3.63, 3.8) is 0 Å². The molecule has 1 fully saturated rings. The first-order chi connectivity index (χ1) is 8.41. The molecule has 0 amide bonds. The molecule has 4 atom stereocenters. The molecular weight excluding hydrogens is 246 g/mol. The second-order valence-electron chi connectivity index (χ2n) is 5.73. The van der Waals surface area contributed by atoms with Gasteiger partial charge < -0.3 is 5.32 Å². The predicted octanol–water partition coefficient (Wildman–Crippen LogP) is 2.61. The van der Waals surface area contributed by atoms with Crippen LogP contribution in [0, 0.1) is 11.8 Å². The smallest absolute Gasteiger partial charge is 0.151 e. The van der Waals surface area contributed by atoms with E-state index in [9.17, 15) is 8.42 Å². The van der Waals surface area contributed by atoms with Crippen LogP contribution in [-0.2, 0) is 9.84 Å². The van der Waals surface area contributed by atoms with E-state index in [2.05, 4.69) is 19.2 Å². The maximum atomic E-state index is 11.8. The van der Waals surface area contributed by atoms with Crippen molar-refractivity contribution in [2.75, 3.05) is 12.8 Å². The molecule has 1 rings (SSSR count). The van der Waals surface area contributed by atoms with E-state index >= 15 is 0 Å². The monoisotopic (exact) mass is 275 g/mol. The van der Waals surface area contributed by atoms with Gasteiger partial charge in [-0.1, -0.05) is 39.5 Å². The van der Waals surface area contributed by atoms with Crippen LogP contribution in [0.2, 0.25) is 0 Å². The van der Waals surface area contributed by atoms with Gasteiger partial charge in [0.2, 0.25) is 0 Å². The first-order valence-electron chi connectivity index (χ1n) is 7.34. The molecular formula is C14H29NO2S. The number of hydrogen-bond acceptors (Lipinski definition) is 3. The Balaban J connectivity index is 2.88. The van der Waals surface area contributed by atoms with E-state index in [1.807, 2.05) is 6.92 Å². The van der Waals surface area contributed by atoms with Crippen LogP contribution in [0.25, 0.3) is 0 Å². The number of sulfone groups is 1. The summed E-state index contributed by atoms with van der Waals surface area (Å²) >= 11 is 0. The number of rotatable bonds is 6. The predicted molar refractivity (Wildman–Crippen MR) is 77.5 cm³/mol. The molecule has 108 valence electrons. The molecule has 4 heteroatoms. The third kappa shape index (κ3) is 3.95. The summed E-state index contributed by atoms with van der Waals surface area (Å²) in [4.78, 5) is 0. The molecule has 0 bridgehead atoms. The molecule has 1 aliphatic rings. The second kappa shape index (κ2) is 6.90. The molecule has 3 nitrogen and oxygen atoms in total. The Kier molecular flexibility index (Phi) is 6.12. The van der Waals surface area contributed by atoms with Crippen LogP contribution in [0.4, 0.5) is 0 Å². The topological polar surface area (TPSA) is 46.2 Å². The zero-order chi connectivity index (χ0) is 13.8. The lowest BCUT2D eigenvalue weighted by atomic mass is 9.73. The fraction of sp³-hybridized carbons (Fsp3) is 1.00. The van der Waals surface area contributed by atoms with Gasteiger partial charge >= 0.3 is 0 Å². The van der Waals surface area contributed by atoms with Gasteiger partial charge in [-0.2, -0.15) is 0 Å². The molecule has 0 aromatic rings. The largest absolute Gasteiger partial charge is 0.313 e. The molecule has 0 aromatic carbocycles. The van der Waals surface area contributed by atoms with E-state index in [0.717, 1.165) is 6.54 Å². The minimum Gasteiger partial charge on any atom is -0.313 e. The van der Waals surface area contributed by atoms with Crippen LogP contribution in [0.15, 0.2) is 0 Å². The van der Waals surface area contributed by atoms with Gasteiger partial charge in [0.25, 0.3) is 0 Å². The van der Waals surface area contributed by atoms with Gasteiger partial charge in [0, 0.05) is 12.3 Å². The summed E-state index contributed by atoms with van der Waals surface area (Å²) in [5, 5.41) is 3.16. The van der Waals surface area contributed by atoms with Gasteiger partial charge in [-0.15, -0.1) is 0 Å². The summed E-state index contributed by atoms with van der Waals surface area (Å²) in [6.07, 6.45) is 7.53. The minimum atomic E-state index is -2.97. The van der Waals surface area contributed by atoms with Crippen molar-refractivity contribution in [2.24, 2.45) is 11.8 Å². The molecule has 0 spiro atoms. The van der Waals surface area contributed by atoms with E-state index in [1.54, 1.807) is 0 Å². The van der Waals surface area contributed by atoms with E-state index < -0.39 is 9.84 Å². The van der Waals surface area contributed by atoms with Crippen LogP contribution in [-0.4, -0.2) is 32.5 Å². The van der Waals surface area contributed by atoms with Crippen molar-refractivity contribution in [2.45, 2.75) is 64.2 Å². The van der Waals surface area contributed by atoms with E-state index in [-0.39, 0.29) is 11.3 Å². The molecule has 1 N–H and O–H groups in total. The molecule has 0 saturated heterocycles. The molecule has 4 unspecified atom stereocenters. The third-order valence-electron chi connectivity index (χ3n) is 4.57. The highest BCUT2D eigenvalue weighted by Crippen LogP contribution is 2.36. The van der Waals surface area contributed by atoms with Crippen molar-refractivity contribution >= 4 is 9.84 Å². The zero-order valence-electron chi connectivity index (χ0n) is 12.3. The highest BCUT2D eigenvalue weighted by atomic mass is 32.2. The summed E-state index contributed by atoms with van der Waals surface area (Å²) < 4.78 is 23.7. The maximum absolute atomic E-state index is 11.8. The fourth-order valence-electron chi connectivity index (χ4n) is 3.38. The molecule has 1 saturated carbocycles. The Labute approximate surface area is 113 Å². The van der Waals surface area contributed by atoms with Crippen molar-refractivity contribution in [1.82, 2.24) is 5.32 Å². The van der Waals surface area contributed by atoms with Crippen molar-refractivity contribution in [3.05, 3.63) is 0 Å². The van der Waals surface area contributed by atoms with Gasteiger partial charge in [0.1, 0.15) is 0 Å². The van der Waals surface area contributed by atoms with Crippen LogP contribution < -0.4 is 5.32 Å². The lowest BCUT2D eigenvalue weighted by Crippen LogP contribution is -2.50. The van der Waals surface area contributed by atoms with E-state index in [1.165, 1.54) is 38.4 Å². The highest BCUT2D eigenvalue weighted by molar-refractivity contribution is 7.91. The lowest BCUT2D eigenvalue weighted by molar-refractivity contribution is 0.174. The summed E-state index contributed by atoms with van der Waals surface area (Å²) in [6.45, 7) is 7.00. The van der Waals surface area contributed by atoms with Crippen molar-refractivity contribution < 1.29 is 8.42 Å². The van der Waals surface area contributed by atoms with Gasteiger partial charge in [0.15, 0.2) is 9.84 Å². The van der Waals surface area contributed by atoms with Crippen molar-refractivity contribution in [1.29, 1.82) is 0 Å².